The molecule has 220 valence electrons. The number of benzene rings is 2. The summed E-state index contributed by atoms with van der Waals surface area (Å²) in [4.78, 5) is 54.9. The third-order valence-corrected chi connectivity index (χ3v) is 11.9. The van der Waals surface area contributed by atoms with Gasteiger partial charge in [0.2, 0.25) is 11.8 Å². The molecule has 0 bridgehead atoms. The van der Waals surface area contributed by atoms with E-state index in [4.69, 9.17) is 23.2 Å². The van der Waals surface area contributed by atoms with Crippen LogP contribution in [0.3, 0.4) is 0 Å². The molecule has 43 heavy (non-hydrogen) atoms. The number of amides is 4. The summed E-state index contributed by atoms with van der Waals surface area (Å²) < 4.78 is 14.4. The van der Waals surface area contributed by atoms with Gasteiger partial charge in [-0.3, -0.25) is 24.1 Å². The third kappa shape index (κ3) is 3.96. The van der Waals surface area contributed by atoms with Gasteiger partial charge in [-0.15, -0.1) is 34.5 Å². The maximum Gasteiger partial charge on any atom is 0.258 e. The summed E-state index contributed by atoms with van der Waals surface area (Å²) in [6.07, 6.45) is 1.85. The average molecular weight is 704 g/mol. The van der Waals surface area contributed by atoms with Gasteiger partial charge >= 0.3 is 0 Å². The first-order chi connectivity index (χ1) is 20.5. The number of imide groups is 2. The van der Waals surface area contributed by atoms with Gasteiger partial charge in [-0.05, 0) is 72.7 Å². The average Bonchev–Trinajstić information content (AvgIpc) is 3.62. The van der Waals surface area contributed by atoms with Crippen molar-refractivity contribution in [3.8, 4) is 5.75 Å². The number of carbonyl (C=O) groups excluding carboxylic acids is 4. The Labute approximate surface area is 268 Å². The molecule has 1 saturated carbocycles. The molecule has 0 spiro atoms. The lowest BCUT2D eigenvalue weighted by Gasteiger charge is -2.50. The molecule has 4 amide bonds. The van der Waals surface area contributed by atoms with Crippen LogP contribution in [0.2, 0.25) is 0 Å². The molecule has 12 heteroatoms. The maximum absolute atomic E-state index is 14.3. The van der Waals surface area contributed by atoms with Crippen molar-refractivity contribution in [2.75, 3.05) is 4.90 Å². The Balaban J connectivity index is 1.39. The highest BCUT2D eigenvalue weighted by atomic mass is 79.9. The van der Waals surface area contributed by atoms with Gasteiger partial charge in [-0.2, -0.15) is 0 Å². The summed E-state index contributed by atoms with van der Waals surface area (Å²) in [5.41, 5.74) is 0.910. The largest absolute Gasteiger partial charge is 0.508 e. The van der Waals surface area contributed by atoms with Crippen molar-refractivity contribution in [1.82, 2.24) is 4.90 Å². The Morgan fingerprint density at radius 2 is 1.74 bits per heavy atom. The number of phenolic OH excluding ortho intramolecular Hbond substituents is 1. The SMILES string of the molecule is O=C1C2CC=C3C(CC4(Cl)C(=O)N(c5ccc(F)cc5)C(=O)C4(Cl)C3c3cc(Br)ccc3O)C2C(=O)N1Cc1cccs1. The van der Waals surface area contributed by atoms with Crippen LogP contribution in [0.4, 0.5) is 10.1 Å². The van der Waals surface area contributed by atoms with Crippen molar-refractivity contribution < 1.29 is 28.7 Å². The number of alkyl halides is 2. The summed E-state index contributed by atoms with van der Waals surface area (Å²) in [6.45, 7) is 0.140. The van der Waals surface area contributed by atoms with E-state index >= 15 is 0 Å². The van der Waals surface area contributed by atoms with Gasteiger partial charge < -0.3 is 5.11 Å². The minimum atomic E-state index is -2.12. The number of halogens is 4. The summed E-state index contributed by atoms with van der Waals surface area (Å²) >= 11 is 19.5. The number of nitrogens with zero attached hydrogens (tertiary/aromatic N) is 2. The number of fused-ring (bicyclic) bond motifs is 4. The molecule has 3 heterocycles. The molecule has 3 aromatic rings. The zero-order valence-electron chi connectivity index (χ0n) is 22.2. The lowest BCUT2D eigenvalue weighted by atomic mass is 9.56. The van der Waals surface area contributed by atoms with Crippen molar-refractivity contribution in [3.63, 3.8) is 0 Å². The summed E-state index contributed by atoms with van der Waals surface area (Å²) in [7, 11) is 0. The van der Waals surface area contributed by atoms with Gasteiger partial charge in [-0.25, -0.2) is 9.29 Å². The highest BCUT2D eigenvalue weighted by Gasteiger charge is 2.76. The van der Waals surface area contributed by atoms with Gasteiger partial charge in [0.25, 0.3) is 11.8 Å². The highest BCUT2D eigenvalue weighted by Crippen LogP contribution is 2.66. The molecule has 1 aromatic heterocycles. The van der Waals surface area contributed by atoms with Crippen molar-refractivity contribution in [2.45, 2.75) is 35.1 Å². The number of aromatic hydroxyl groups is 1. The van der Waals surface area contributed by atoms with Gasteiger partial charge in [0.15, 0.2) is 9.75 Å². The van der Waals surface area contributed by atoms with Gasteiger partial charge in [0, 0.05) is 20.8 Å². The summed E-state index contributed by atoms with van der Waals surface area (Å²) in [5.74, 6) is -6.37. The second-order valence-corrected chi connectivity index (χ2v) is 14.5. The monoisotopic (exact) mass is 702 g/mol. The van der Waals surface area contributed by atoms with E-state index in [-0.39, 0.29) is 48.2 Å². The Kier molecular flexibility index (Phi) is 6.67. The zero-order valence-corrected chi connectivity index (χ0v) is 26.1. The van der Waals surface area contributed by atoms with Crippen LogP contribution in [-0.4, -0.2) is 43.4 Å². The smallest absolute Gasteiger partial charge is 0.258 e. The fourth-order valence-electron chi connectivity index (χ4n) is 7.28. The van der Waals surface area contributed by atoms with E-state index in [1.807, 2.05) is 23.6 Å². The molecule has 3 fully saturated rings. The molecule has 2 aliphatic carbocycles. The maximum atomic E-state index is 14.3. The molecule has 6 atom stereocenters. The zero-order chi connectivity index (χ0) is 30.4. The fourth-order valence-corrected chi connectivity index (χ4v) is 9.28. The van der Waals surface area contributed by atoms with E-state index in [2.05, 4.69) is 15.9 Å². The molecule has 4 aliphatic rings. The summed E-state index contributed by atoms with van der Waals surface area (Å²) in [5, 5.41) is 13.0. The van der Waals surface area contributed by atoms with Crippen LogP contribution < -0.4 is 4.90 Å². The Morgan fingerprint density at radius 3 is 2.44 bits per heavy atom. The van der Waals surface area contributed by atoms with Crippen molar-refractivity contribution in [3.05, 3.63) is 92.4 Å². The number of likely N-dealkylation sites (tertiary alicyclic amines) is 1. The quantitative estimate of drug-likeness (QED) is 0.201. The number of hydrogen-bond donors (Lipinski definition) is 1. The molecular formula is C31H22BrCl2FN2O5S. The third-order valence-electron chi connectivity index (χ3n) is 9.18. The van der Waals surface area contributed by atoms with E-state index in [0.29, 0.717) is 10.0 Å². The van der Waals surface area contributed by atoms with E-state index < -0.39 is 51.1 Å². The molecule has 2 aliphatic heterocycles. The number of rotatable bonds is 4. The Bertz CT molecular complexity index is 1750. The number of phenols is 1. The molecule has 7 rings (SSSR count). The first-order valence-corrected chi connectivity index (χ1v) is 16.0. The van der Waals surface area contributed by atoms with E-state index in [0.717, 1.165) is 21.9 Å². The highest BCUT2D eigenvalue weighted by molar-refractivity contribution is 9.10. The molecule has 0 radical (unpaired) electrons. The summed E-state index contributed by atoms with van der Waals surface area (Å²) in [6, 6.07) is 13.2. The van der Waals surface area contributed by atoms with Gasteiger partial charge in [0.05, 0.1) is 24.1 Å². The van der Waals surface area contributed by atoms with Crippen LogP contribution in [0.25, 0.3) is 0 Å². The predicted molar refractivity (Wildman–Crippen MR) is 162 cm³/mol. The van der Waals surface area contributed by atoms with Crippen LogP contribution in [-0.2, 0) is 25.7 Å². The van der Waals surface area contributed by atoms with Crippen molar-refractivity contribution in [2.24, 2.45) is 17.8 Å². The van der Waals surface area contributed by atoms with Crippen LogP contribution in [0.5, 0.6) is 5.75 Å². The van der Waals surface area contributed by atoms with Crippen LogP contribution in [0.1, 0.15) is 29.2 Å². The number of allylic oxidation sites excluding steroid dienone is 2. The van der Waals surface area contributed by atoms with E-state index in [1.165, 1.54) is 34.4 Å². The van der Waals surface area contributed by atoms with Crippen LogP contribution in [0.15, 0.2) is 76.1 Å². The lowest BCUT2D eigenvalue weighted by Crippen LogP contribution is -2.60. The molecule has 2 saturated heterocycles. The van der Waals surface area contributed by atoms with Crippen LogP contribution in [0, 0.1) is 23.6 Å². The second kappa shape index (κ2) is 9.99. The molecule has 7 nitrogen and oxygen atoms in total. The molecule has 2 aromatic carbocycles. The van der Waals surface area contributed by atoms with Crippen LogP contribution >= 0.6 is 50.5 Å². The number of anilines is 1. The van der Waals surface area contributed by atoms with E-state index in [1.54, 1.807) is 12.1 Å². The topological polar surface area (TPSA) is 95.0 Å². The molecule has 6 unspecified atom stereocenters. The number of carbonyl (C=O) groups is 4. The predicted octanol–water partition coefficient (Wildman–Crippen LogP) is 6.12. The molecular weight excluding hydrogens is 682 g/mol. The minimum absolute atomic E-state index is 0.0899. The minimum Gasteiger partial charge on any atom is -0.508 e. The normalized spacial score (nSPS) is 31.7. The lowest BCUT2D eigenvalue weighted by molar-refractivity contribution is -0.141. The first kappa shape index (κ1) is 28.7. The standard InChI is InChI=1S/C31H22BrCl2FN2O5S/c32-15-3-10-23(38)21(12-15)25-19-8-9-20-24(27(40)36(26(20)39)14-18-2-1-11-43-18)22(19)13-30(33)28(41)37(29(42)31(25,30)34)17-6-4-16(35)5-7-17/h1-8,10-12,20,22,24-25,38H,9,13-14H2. The first-order valence-electron chi connectivity index (χ1n) is 13.6. The second-order valence-electron chi connectivity index (χ2n) is 11.3. The van der Waals surface area contributed by atoms with Gasteiger partial charge in [-0.1, -0.05) is 33.6 Å². The van der Waals surface area contributed by atoms with Gasteiger partial charge in [0.1, 0.15) is 11.6 Å². The Morgan fingerprint density at radius 1 is 1.00 bits per heavy atom. The Hall–Kier alpha value is -3.05. The van der Waals surface area contributed by atoms with E-state index in [9.17, 15) is 28.7 Å². The van der Waals surface area contributed by atoms with Crippen molar-refractivity contribution in [1.29, 1.82) is 0 Å². The molecule has 1 N–H and O–H groups in total. The number of thiophene rings is 1. The van der Waals surface area contributed by atoms with Crippen molar-refractivity contribution >= 4 is 79.8 Å². The fraction of sp³-hybridized carbons (Fsp3) is 0.290. The number of hydrogen-bond acceptors (Lipinski definition) is 6.